The van der Waals surface area contributed by atoms with Crippen molar-refractivity contribution in [2.24, 2.45) is 0 Å². The van der Waals surface area contributed by atoms with Crippen LogP contribution in [0.15, 0.2) is 36.7 Å². The highest BCUT2D eigenvalue weighted by molar-refractivity contribution is 5.93. The average molecular weight is 326 g/mol. The van der Waals surface area contributed by atoms with E-state index in [0.29, 0.717) is 0 Å². The largest absolute Gasteiger partial charge is 0.324 e. The molecule has 0 radical (unpaired) electrons. The number of anilines is 1. The summed E-state index contributed by atoms with van der Waals surface area (Å²) in [6.07, 6.45) is 7.61. The Kier molecular flexibility index (Phi) is 5.30. The zero-order chi connectivity index (χ0) is 16.9. The zero-order valence-electron chi connectivity index (χ0n) is 14.5. The van der Waals surface area contributed by atoms with Crippen molar-refractivity contribution in [1.29, 1.82) is 0 Å². The van der Waals surface area contributed by atoms with Gasteiger partial charge in [0.25, 0.3) is 0 Å². The Hall–Kier alpha value is -2.14. The van der Waals surface area contributed by atoms with Crippen molar-refractivity contribution >= 4 is 11.6 Å². The standard InChI is InChI=1S/C19H26N4O/c1-15-12-20-23(13-15)16(2)19(24)21-18-8-6-17(7-9-18)14-22-10-4-3-5-11-22/h6-9,12-13,16H,3-5,10-11,14H2,1-2H3,(H,21,24). The van der Waals surface area contributed by atoms with Gasteiger partial charge < -0.3 is 5.32 Å². The molecule has 1 amide bonds. The van der Waals surface area contributed by atoms with E-state index in [0.717, 1.165) is 17.8 Å². The zero-order valence-corrected chi connectivity index (χ0v) is 14.5. The summed E-state index contributed by atoms with van der Waals surface area (Å²) < 4.78 is 1.69. The van der Waals surface area contributed by atoms with Crippen LogP contribution in [0.2, 0.25) is 0 Å². The second-order valence-electron chi connectivity index (χ2n) is 6.70. The lowest BCUT2D eigenvalue weighted by Crippen LogP contribution is -2.29. The molecule has 1 aliphatic heterocycles. The highest BCUT2D eigenvalue weighted by Crippen LogP contribution is 2.16. The number of rotatable bonds is 5. The molecule has 0 aliphatic carbocycles. The van der Waals surface area contributed by atoms with Crippen molar-refractivity contribution in [2.75, 3.05) is 18.4 Å². The van der Waals surface area contributed by atoms with Crippen LogP contribution < -0.4 is 5.32 Å². The fourth-order valence-corrected chi connectivity index (χ4v) is 3.08. The van der Waals surface area contributed by atoms with Gasteiger partial charge in [-0.15, -0.1) is 0 Å². The van der Waals surface area contributed by atoms with Crippen LogP contribution in [0, 0.1) is 6.92 Å². The molecule has 2 heterocycles. The number of likely N-dealkylation sites (tertiary alicyclic amines) is 1. The molecule has 1 unspecified atom stereocenters. The van der Waals surface area contributed by atoms with Crippen molar-refractivity contribution < 1.29 is 4.79 Å². The van der Waals surface area contributed by atoms with Gasteiger partial charge in [-0.2, -0.15) is 5.10 Å². The van der Waals surface area contributed by atoms with E-state index in [1.807, 2.05) is 32.2 Å². The first-order chi connectivity index (χ1) is 11.6. The van der Waals surface area contributed by atoms with Crippen molar-refractivity contribution in [3.05, 3.63) is 47.8 Å². The van der Waals surface area contributed by atoms with Crippen molar-refractivity contribution in [3.8, 4) is 0 Å². The topological polar surface area (TPSA) is 50.2 Å². The molecular weight excluding hydrogens is 300 g/mol. The van der Waals surface area contributed by atoms with E-state index in [-0.39, 0.29) is 11.9 Å². The van der Waals surface area contributed by atoms with Crippen LogP contribution in [0.3, 0.4) is 0 Å². The maximum absolute atomic E-state index is 12.3. The summed E-state index contributed by atoms with van der Waals surface area (Å²) in [5.74, 6) is -0.0538. The van der Waals surface area contributed by atoms with Gasteiger partial charge in [0.1, 0.15) is 6.04 Å². The quantitative estimate of drug-likeness (QED) is 0.916. The van der Waals surface area contributed by atoms with Crippen LogP contribution >= 0.6 is 0 Å². The monoisotopic (exact) mass is 326 g/mol. The van der Waals surface area contributed by atoms with E-state index >= 15 is 0 Å². The smallest absolute Gasteiger partial charge is 0.248 e. The number of amides is 1. The minimum absolute atomic E-state index is 0.0538. The Balaban J connectivity index is 1.56. The summed E-state index contributed by atoms with van der Waals surface area (Å²) >= 11 is 0. The molecule has 1 aromatic heterocycles. The maximum Gasteiger partial charge on any atom is 0.248 e. The van der Waals surface area contributed by atoms with Crippen molar-refractivity contribution in [3.63, 3.8) is 0 Å². The summed E-state index contributed by atoms with van der Waals surface area (Å²) in [7, 11) is 0. The molecule has 5 heteroatoms. The van der Waals surface area contributed by atoms with E-state index in [1.165, 1.54) is 37.9 Å². The molecule has 2 aromatic rings. The summed E-state index contributed by atoms with van der Waals surface area (Å²) in [6.45, 7) is 7.21. The molecule has 1 atom stereocenters. The van der Waals surface area contributed by atoms with Crippen LogP contribution in [0.5, 0.6) is 0 Å². The van der Waals surface area contributed by atoms with Gasteiger partial charge in [0.15, 0.2) is 0 Å². The Bertz CT molecular complexity index is 671. The molecule has 1 N–H and O–H groups in total. The van der Waals surface area contributed by atoms with Gasteiger partial charge >= 0.3 is 0 Å². The van der Waals surface area contributed by atoms with Crippen LogP contribution in [-0.2, 0) is 11.3 Å². The normalized spacial score (nSPS) is 16.8. The molecule has 5 nitrogen and oxygen atoms in total. The summed E-state index contributed by atoms with van der Waals surface area (Å²) in [5, 5.41) is 7.17. The highest BCUT2D eigenvalue weighted by atomic mass is 16.2. The number of aromatic nitrogens is 2. The van der Waals surface area contributed by atoms with E-state index in [1.54, 1.807) is 10.9 Å². The van der Waals surface area contributed by atoms with Gasteiger partial charge in [-0.25, -0.2) is 0 Å². The molecule has 0 bridgehead atoms. The van der Waals surface area contributed by atoms with Crippen LogP contribution in [0.1, 0.15) is 43.4 Å². The molecule has 128 valence electrons. The van der Waals surface area contributed by atoms with E-state index in [9.17, 15) is 4.79 Å². The lowest BCUT2D eigenvalue weighted by molar-refractivity contribution is -0.119. The van der Waals surface area contributed by atoms with Gasteiger partial charge in [-0.05, 0) is 63.0 Å². The molecule has 1 aliphatic rings. The van der Waals surface area contributed by atoms with Crippen LogP contribution in [0.4, 0.5) is 5.69 Å². The van der Waals surface area contributed by atoms with Gasteiger partial charge in [0, 0.05) is 18.4 Å². The Morgan fingerprint density at radius 3 is 2.54 bits per heavy atom. The van der Waals surface area contributed by atoms with E-state index < -0.39 is 0 Å². The van der Waals surface area contributed by atoms with E-state index in [4.69, 9.17) is 0 Å². The molecule has 0 spiro atoms. The predicted octanol–water partition coefficient (Wildman–Crippen LogP) is 3.38. The van der Waals surface area contributed by atoms with Gasteiger partial charge in [-0.1, -0.05) is 18.6 Å². The minimum Gasteiger partial charge on any atom is -0.324 e. The Morgan fingerprint density at radius 2 is 1.92 bits per heavy atom. The number of carbonyl (C=O) groups excluding carboxylic acids is 1. The van der Waals surface area contributed by atoms with Crippen molar-refractivity contribution in [1.82, 2.24) is 14.7 Å². The number of piperidine rings is 1. The van der Waals surface area contributed by atoms with Crippen LogP contribution in [0.25, 0.3) is 0 Å². The third kappa shape index (κ3) is 4.23. The molecule has 1 fully saturated rings. The number of hydrogen-bond acceptors (Lipinski definition) is 3. The van der Waals surface area contributed by atoms with Gasteiger partial charge in [0.2, 0.25) is 5.91 Å². The third-order valence-corrected chi connectivity index (χ3v) is 4.58. The molecular formula is C19H26N4O. The van der Waals surface area contributed by atoms with Gasteiger partial charge in [0.05, 0.1) is 6.20 Å². The molecule has 24 heavy (non-hydrogen) atoms. The summed E-state index contributed by atoms with van der Waals surface area (Å²) in [5.41, 5.74) is 3.18. The third-order valence-electron chi connectivity index (χ3n) is 4.58. The molecule has 3 rings (SSSR count). The molecule has 1 saturated heterocycles. The SMILES string of the molecule is Cc1cnn(C(C)C(=O)Nc2ccc(CN3CCCCC3)cc2)c1. The summed E-state index contributed by atoms with van der Waals surface area (Å²) in [6, 6.07) is 7.85. The first-order valence-electron chi connectivity index (χ1n) is 8.75. The molecule has 0 saturated carbocycles. The Morgan fingerprint density at radius 1 is 1.21 bits per heavy atom. The first-order valence-corrected chi connectivity index (χ1v) is 8.75. The fourth-order valence-electron chi connectivity index (χ4n) is 3.08. The van der Waals surface area contributed by atoms with E-state index in [2.05, 4.69) is 27.4 Å². The van der Waals surface area contributed by atoms with Crippen LogP contribution in [-0.4, -0.2) is 33.7 Å². The second kappa shape index (κ2) is 7.62. The molecule has 1 aromatic carbocycles. The minimum atomic E-state index is -0.327. The fraction of sp³-hybridized carbons (Fsp3) is 0.474. The van der Waals surface area contributed by atoms with Crippen molar-refractivity contribution in [2.45, 2.75) is 45.7 Å². The number of hydrogen-bond donors (Lipinski definition) is 1. The number of nitrogens with zero attached hydrogens (tertiary/aromatic N) is 3. The number of nitrogens with one attached hydrogen (secondary N) is 1. The van der Waals surface area contributed by atoms with Gasteiger partial charge in [-0.3, -0.25) is 14.4 Å². The maximum atomic E-state index is 12.3. The summed E-state index contributed by atoms with van der Waals surface area (Å²) in [4.78, 5) is 14.8. The second-order valence-corrected chi connectivity index (χ2v) is 6.70. The highest BCUT2D eigenvalue weighted by Gasteiger charge is 2.16. The predicted molar refractivity (Wildman–Crippen MR) is 95.9 cm³/mol. The number of benzene rings is 1. The Labute approximate surface area is 143 Å². The number of carbonyl (C=O) groups is 1. The lowest BCUT2D eigenvalue weighted by Gasteiger charge is -2.26. The average Bonchev–Trinajstić information content (AvgIpc) is 3.03. The first kappa shape index (κ1) is 16.7. The lowest BCUT2D eigenvalue weighted by atomic mass is 10.1. The number of aryl methyl sites for hydroxylation is 1.